The number of ether oxygens (including phenoxy) is 3. The first-order chi connectivity index (χ1) is 16.1. The molecule has 1 aliphatic rings. The van der Waals surface area contributed by atoms with Crippen molar-refractivity contribution in [2.24, 2.45) is 11.1 Å². The van der Waals surface area contributed by atoms with E-state index in [-0.39, 0.29) is 45.2 Å². The summed E-state index contributed by atoms with van der Waals surface area (Å²) in [6, 6.07) is 0. The maximum absolute atomic E-state index is 12.4. The maximum Gasteiger partial charge on any atom is 0.471 e. The van der Waals surface area contributed by atoms with Crippen LogP contribution in [-0.2, 0) is 23.8 Å². The summed E-state index contributed by atoms with van der Waals surface area (Å²) in [5, 5.41) is 3.62. The van der Waals surface area contributed by atoms with Crippen molar-refractivity contribution < 1.29 is 50.1 Å². The maximum atomic E-state index is 12.4. The van der Waals surface area contributed by atoms with Crippen LogP contribution in [0.5, 0.6) is 0 Å². The minimum absolute atomic E-state index is 0.147. The molecule has 0 radical (unpaired) electrons. The average Bonchev–Trinajstić information content (AvgIpc) is 3.09. The van der Waals surface area contributed by atoms with Gasteiger partial charge < -0.3 is 30.6 Å². The van der Waals surface area contributed by atoms with E-state index in [2.05, 4.69) is 0 Å². The molecule has 0 bridgehead atoms. The summed E-state index contributed by atoms with van der Waals surface area (Å²) in [7, 11) is 0. The van der Waals surface area contributed by atoms with E-state index in [1.54, 1.807) is 13.8 Å². The molecule has 8 nitrogen and oxygen atoms in total. The molecule has 4 N–H and O–H groups in total. The number of amides is 2. The van der Waals surface area contributed by atoms with Gasteiger partial charge in [0.2, 0.25) is 0 Å². The quantitative estimate of drug-likeness (QED) is 0.225. The van der Waals surface area contributed by atoms with Crippen LogP contribution in [0.3, 0.4) is 0 Å². The van der Waals surface area contributed by atoms with E-state index in [4.69, 9.17) is 19.9 Å². The summed E-state index contributed by atoms with van der Waals surface area (Å²) >= 11 is 0. The number of rotatable bonds is 15. The topological polar surface area (TPSA) is 112 Å². The van der Waals surface area contributed by atoms with Crippen LogP contribution in [0.1, 0.15) is 52.4 Å². The van der Waals surface area contributed by atoms with E-state index in [0.29, 0.717) is 38.8 Å². The van der Waals surface area contributed by atoms with Crippen molar-refractivity contribution in [3.63, 3.8) is 0 Å². The van der Waals surface area contributed by atoms with Crippen molar-refractivity contribution in [1.82, 2.24) is 10.6 Å². The first-order valence-corrected chi connectivity index (χ1v) is 11.4. The first-order valence-electron chi connectivity index (χ1n) is 11.4. The highest BCUT2D eigenvalue weighted by molar-refractivity contribution is 5.81. The third kappa shape index (κ3) is 12.2. The fourth-order valence-corrected chi connectivity index (χ4v) is 3.85. The highest BCUT2D eigenvalue weighted by Crippen LogP contribution is 2.36. The van der Waals surface area contributed by atoms with Gasteiger partial charge in [-0.15, -0.1) is 0 Å². The van der Waals surface area contributed by atoms with Gasteiger partial charge in [-0.25, -0.2) is 0 Å². The molecule has 0 aromatic rings. The van der Waals surface area contributed by atoms with Crippen molar-refractivity contribution in [2.45, 2.75) is 76.6 Å². The van der Waals surface area contributed by atoms with Crippen molar-refractivity contribution in [3.8, 4) is 0 Å². The lowest BCUT2D eigenvalue weighted by Crippen LogP contribution is -2.39. The van der Waals surface area contributed by atoms with Crippen LogP contribution in [0.25, 0.3) is 0 Å². The van der Waals surface area contributed by atoms with E-state index >= 15 is 0 Å². The molecule has 1 unspecified atom stereocenters. The Morgan fingerprint density at radius 1 is 0.943 bits per heavy atom. The van der Waals surface area contributed by atoms with Crippen molar-refractivity contribution in [1.29, 1.82) is 0 Å². The van der Waals surface area contributed by atoms with Crippen molar-refractivity contribution in [3.05, 3.63) is 0 Å². The second-order valence-electron chi connectivity index (χ2n) is 9.07. The normalized spacial score (nSPS) is 18.5. The minimum Gasteiger partial charge on any atom is -0.378 e. The highest BCUT2D eigenvalue weighted by atomic mass is 19.4. The van der Waals surface area contributed by atoms with Crippen LogP contribution in [0.4, 0.5) is 26.3 Å². The van der Waals surface area contributed by atoms with E-state index in [1.165, 1.54) is 0 Å². The van der Waals surface area contributed by atoms with Crippen molar-refractivity contribution in [2.75, 3.05) is 39.5 Å². The monoisotopic (exact) mass is 523 g/mol. The van der Waals surface area contributed by atoms with Crippen LogP contribution in [0.2, 0.25) is 0 Å². The standard InChI is InChI=1S/C21H35F6N3O5/c1-18(2)34-13-15(35-18)12-33-14-19(6-3-9-28,7-4-10-29-16(31)20(22,23)24)8-5-11-30-17(32)21(25,26)27/h15H,3-14,28H2,1-2H3,(H,29,31)(H,30,32). The molecule has 0 spiro atoms. The molecule has 0 aromatic carbocycles. The number of hydrogen-bond acceptors (Lipinski definition) is 6. The zero-order valence-electron chi connectivity index (χ0n) is 19.9. The molecule has 0 saturated carbocycles. The highest BCUT2D eigenvalue weighted by Gasteiger charge is 2.39. The number of alkyl halides is 6. The zero-order chi connectivity index (χ0) is 26.8. The average molecular weight is 524 g/mol. The summed E-state index contributed by atoms with van der Waals surface area (Å²) in [6.45, 7) is 4.01. The van der Waals surface area contributed by atoms with Gasteiger partial charge in [-0.3, -0.25) is 9.59 Å². The largest absolute Gasteiger partial charge is 0.471 e. The Morgan fingerprint density at radius 3 is 1.83 bits per heavy atom. The molecule has 1 atom stereocenters. The zero-order valence-corrected chi connectivity index (χ0v) is 19.9. The lowest BCUT2D eigenvalue weighted by Gasteiger charge is -2.34. The molecule has 206 valence electrons. The Morgan fingerprint density at radius 2 is 1.43 bits per heavy atom. The van der Waals surface area contributed by atoms with Crippen LogP contribution in [-0.4, -0.2) is 75.5 Å². The van der Waals surface area contributed by atoms with E-state index in [1.807, 2.05) is 10.6 Å². The number of carbonyl (C=O) groups is 2. The lowest BCUT2D eigenvalue weighted by molar-refractivity contribution is -0.173. The molecular weight excluding hydrogens is 488 g/mol. The summed E-state index contributed by atoms with van der Waals surface area (Å²) in [6.07, 6.45) is -8.25. The van der Waals surface area contributed by atoms with Gasteiger partial charge in [-0.05, 0) is 64.3 Å². The van der Waals surface area contributed by atoms with Gasteiger partial charge in [-0.1, -0.05) is 0 Å². The summed E-state index contributed by atoms with van der Waals surface area (Å²) in [4.78, 5) is 22.1. The smallest absolute Gasteiger partial charge is 0.378 e. The molecule has 1 rings (SSSR count). The number of hydrogen-bond donors (Lipinski definition) is 3. The first kappa shape index (κ1) is 31.4. The summed E-state index contributed by atoms with van der Waals surface area (Å²) < 4.78 is 91.5. The van der Waals surface area contributed by atoms with Crippen LogP contribution < -0.4 is 16.4 Å². The molecule has 0 aliphatic carbocycles. The van der Waals surface area contributed by atoms with Crippen LogP contribution >= 0.6 is 0 Å². The molecule has 2 amide bonds. The van der Waals surface area contributed by atoms with Crippen LogP contribution in [0, 0.1) is 5.41 Å². The molecule has 14 heteroatoms. The molecule has 1 saturated heterocycles. The van der Waals surface area contributed by atoms with Gasteiger partial charge in [0.05, 0.1) is 19.8 Å². The van der Waals surface area contributed by atoms with Gasteiger partial charge in [0.1, 0.15) is 6.10 Å². The number of nitrogens with two attached hydrogens (primary N) is 1. The predicted molar refractivity (Wildman–Crippen MR) is 113 cm³/mol. The third-order valence-corrected chi connectivity index (χ3v) is 5.54. The van der Waals surface area contributed by atoms with Gasteiger partial charge in [0.25, 0.3) is 0 Å². The fraction of sp³-hybridized carbons (Fsp3) is 0.905. The molecule has 35 heavy (non-hydrogen) atoms. The predicted octanol–water partition coefficient (Wildman–Crippen LogP) is 2.80. The number of carbonyl (C=O) groups excluding carboxylic acids is 2. The van der Waals surface area contributed by atoms with E-state index in [9.17, 15) is 35.9 Å². The van der Waals surface area contributed by atoms with Crippen molar-refractivity contribution >= 4 is 11.8 Å². The second kappa shape index (κ2) is 13.6. The molecule has 1 fully saturated rings. The second-order valence-corrected chi connectivity index (χ2v) is 9.07. The Labute approximate surface area is 200 Å². The Balaban J connectivity index is 2.75. The molecular formula is C21H35F6N3O5. The van der Waals surface area contributed by atoms with Crippen LogP contribution in [0.15, 0.2) is 0 Å². The Kier molecular flexibility index (Phi) is 12.2. The van der Waals surface area contributed by atoms with Gasteiger partial charge in [0.15, 0.2) is 5.79 Å². The third-order valence-electron chi connectivity index (χ3n) is 5.54. The summed E-state index contributed by atoms with van der Waals surface area (Å²) in [5.74, 6) is -4.84. The molecule has 1 heterocycles. The molecule has 1 aliphatic heterocycles. The fourth-order valence-electron chi connectivity index (χ4n) is 3.85. The Bertz CT molecular complexity index is 639. The van der Waals surface area contributed by atoms with Gasteiger partial charge in [0, 0.05) is 13.1 Å². The Hall–Kier alpha value is -1.64. The van der Waals surface area contributed by atoms with E-state index < -0.39 is 35.4 Å². The van der Waals surface area contributed by atoms with Gasteiger partial charge >= 0.3 is 24.2 Å². The SMILES string of the molecule is CC1(C)OCC(COCC(CCCN)(CCCNC(=O)C(F)(F)F)CCCNC(=O)C(F)(F)F)O1. The van der Waals surface area contributed by atoms with Gasteiger partial charge in [-0.2, -0.15) is 26.3 Å². The minimum atomic E-state index is -4.99. The number of halogens is 6. The lowest BCUT2D eigenvalue weighted by atomic mass is 9.75. The number of nitrogens with one attached hydrogen (secondary N) is 2. The van der Waals surface area contributed by atoms with E-state index in [0.717, 1.165) is 0 Å². The summed E-state index contributed by atoms with van der Waals surface area (Å²) in [5.41, 5.74) is 5.00. The molecule has 0 aromatic heterocycles.